The summed E-state index contributed by atoms with van der Waals surface area (Å²) >= 11 is 3.07. The van der Waals surface area contributed by atoms with E-state index in [1.165, 1.54) is 6.07 Å². The number of rotatable bonds is 5. The van der Waals surface area contributed by atoms with Crippen LogP contribution >= 0.6 is 15.9 Å². The van der Waals surface area contributed by atoms with Gasteiger partial charge in [-0.05, 0) is 48.8 Å². The predicted octanol–water partition coefficient (Wildman–Crippen LogP) is 3.34. The minimum absolute atomic E-state index is 0.145. The highest BCUT2D eigenvalue weighted by Crippen LogP contribution is 2.25. The molecule has 0 aliphatic carbocycles. The summed E-state index contributed by atoms with van der Waals surface area (Å²) in [6.45, 7) is 4.18. The fourth-order valence-electron chi connectivity index (χ4n) is 1.17. The van der Waals surface area contributed by atoms with Crippen molar-refractivity contribution >= 4 is 26.9 Å². The number of halogens is 4. The van der Waals surface area contributed by atoms with Crippen molar-refractivity contribution in [2.45, 2.75) is 38.2 Å². The van der Waals surface area contributed by atoms with Crippen LogP contribution in [0.2, 0.25) is 0 Å². The lowest BCUT2D eigenvalue weighted by Gasteiger charge is -2.18. The number of alkyl halides is 3. The van der Waals surface area contributed by atoms with Gasteiger partial charge in [-0.1, -0.05) is 0 Å². The van der Waals surface area contributed by atoms with Crippen molar-refractivity contribution in [3.63, 3.8) is 0 Å². The average Bonchev–Trinajstić information content (AvgIpc) is 2.33. The number of ether oxygens (including phenoxy) is 1. The summed E-state index contributed by atoms with van der Waals surface area (Å²) in [6.07, 6.45) is -4.43. The highest BCUT2D eigenvalue weighted by Gasteiger charge is 2.29. The lowest BCUT2D eigenvalue weighted by molar-refractivity contribution is -0.154. The van der Waals surface area contributed by atoms with Gasteiger partial charge in [-0.2, -0.15) is 13.2 Å². The van der Waals surface area contributed by atoms with E-state index in [1.54, 1.807) is 6.07 Å². The monoisotopic (exact) mass is 388 g/mol. The molecule has 9 heteroatoms. The van der Waals surface area contributed by atoms with Gasteiger partial charge in [-0.15, -0.1) is 0 Å². The Hall–Kier alpha value is -0.670. The fraction of sp³-hybridized carbons (Fsp3) is 0.583. The van der Waals surface area contributed by atoms with Crippen LogP contribution in [-0.4, -0.2) is 26.7 Å². The second-order valence-electron chi connectivity index (χ2n) is 5.20. The minimum Gasteiger partial charge on any atom is -0.467 e. The summed E-state index contributed by atoms with van der Waals surface area (Å²) < 4.78 is 55.5. The Morgan fingerprint density at radius 3 is 2.48 bits per heavy atom. The van der Waals surface area contributed by atoms with Gasteiger partial charge in [0.1, 0.15) is 0 Å². The predicted molar refractivity (Wildman–Crippen MR) is 78.2 cm³/mol. The van der Waals surface area contributed by atoms with Gasteiger partial charge in [0.25, 0.3) is 0 Å². The van der Waals surface area contributed by atoms with Crippen LogP contribution in [0.1, 0.15) is 26.5 Å². The average molecular weight is 389 g/mol. The third-order valence-corrected chi connectivity index (χ3v) is 4.31. The standard InChI is InChI=1S/C12H16BrF3N2O2S/c1-11(2,3)21(19)17-6-8-4-5-9(13)10(18-8)20-7-12(14,15)16/h4-5,17H,6-7H2,1-3H3. The molecule has 1 heterocycles. The van der Waals surface area contributed by atoms with Crippen LogP contribution in [0.25, 0.3) is 0 Å². The molecule has 1 unspecified atom stereocenters. The Bertz CT molecular complexity index is 518. The van der Waals surface area contributed by atoms with Crippen molar-refractivity contribution < 1.29 is 22.1 Å². The Balaban J connectivity index is 2.71. The number of hydrogen-bond donors (Lipinski definition) is 1. The lowest BCUT2D eigenvalue weighted by Crippen LogP contribution is -2.33. The van der Waals surface area contributed by atoms with E-state index in [-0.39, 0.29) is 12.4 Å². The zero-order valence-corrected chi connectivity index (χ0v) is 14.2. The molecule has 0 saturated heterocycles. The molecule has 1 atom stereocenters. The molecule has 4 nitrogen and oxygen atoms in total. The van der Waals surface area contributed by atoms with E-state index in [2.05, 4.69) is 30.4 Å². The molecule has 1 rings (SSSR count). The Morgan fingerprint density at radius 2 is 1.95 bits per heavy atom. The van der Waals surface area contributed by atoms with Gasteiger partial charge in [0, 0.05) is 0 Å². The molecule has 1 N–H and O–H groups in total. The van der Waals surface area contributed by atoms with E-state index >= 15 is 0 Å². The normalized spacial score (nSPS) is 14.0. The van der Waals surface area contributed by atoms with E-state index in [1.807, 2.05) is 20.8 Å². The first-order valence-electron chi connectivity index (χ1n) is 5.99. The smallest absolute Gasteiger partial charge is 0.422 e. The molecule has 0 amide bonds. The molecule has 120 valence electrons. The topological polar surface area (TPSA) is 51.2 Å². The zero-order chi connectivity index (χ0) is 16.3. The Kier molecular flexibility index (Phi) is 6.18. The van der Waals surface area contributed by atoms with E-state index in [4.69, 9.17) is 0 Å². The maximum Gasteiger partial charge on any atom is 0.422 e. The fourth-order valence-corrected chi connectivity index (χ4v) is 2.21. The highest BCUT2D eigenvalue weighted by molar-refractivity contribution is 9.10. The number of nitrogens with one attached hydrogen (secondary N) is 1. The molecule has 0 fully saturated rings. The van der Waals surface area contributed by atoms with Gasteiger partial charge in [-0.3, -0.25) is 0 Å². The Labute approximate surface area is 132 Å². The number of nitrogens with zero attached hydrogens (tertiary/aromatic N) is 1. The number of hydrogen-bond acceptors (Lipinski definition) is 3. The summed E-state index contributed by atoms with van der Waals surface area (Å²) in [6, 6.07) is 3.15. The van der Waals surface area contributed by atoms with Crippen molar-refractivity contribution in [1.82, 2.24) is 9.71 Å². The molecule has 1 aromatic rings. The Morgan fingerprint density at radius 1 is 1.33 bits per heavy atom. The van der Waals surface area contributed by atoms with E-state index in [9.17, 15) is 17.4 Å². The van der Waals surface area contributed by atoms with Gasteiger partial charge in [0.2, 0.25) is 5.88 Å². The molecule has 21 heavy (non-hydrogen) atoms. The van der Waals surface area contributed by atoms with Crippen LogP contribution in [0, 0.1) is 0 Å². The summed E-state index contributed by atoms with van der Waals surface area (Å²) in [5.41, 5.74) is 0.438. The first-order chi connectivity index (χ1) is 9.49. The molecule has 0 spiro atoms. The molecule has 0 bridgehead atoms. The molecule has 0 saturated carbocycles. The van der Waals surface area contributed by atoms with Crippen molar-refractivity contribution in [2.75, 3.05) is 6.61 Å². The van der Waals surface area contributed by atoms with Crippen LogP contribution < -0.4 is 9.46 Å². The maximum atomic E-state index is 12.1. The van der Waals surface area contributed by atoms with Gasteiger partial charge < -0.3 is 4.74 Å². The van der Waals surface area contributed by atoms with Gasteiger partial charge in [0.15, 0.2) is 6.61 Å². The molecule has 0 aliphatic rings. The van der Waals surface area contributed by atoms with Gasteiger partial charge in [0.05, 0.1) is 32.4 Å². The highest BCUT2D eigenvalue weighted by atomic mass is 79.9. The number of pyridine rings is 1. The van der Waals surface area contributed by atoms with E-state index in [0.29, 0.717) is 10.2 Å². The minimum atomic E-state index is -4.43. The first kappa shape index (κ1) is 18.4. The molecule has 0 aliphatic heterocycles. The molecule has 0 radical (unpaired) electrons. The second kappa shape index (κ2) is 7.06. The van der Waals surface area contributed by atoms with Crippen molar-refractivity contribution in [3.8, 4) is 5.88 Å². The third kappa shape index (κ3) is 6.75. The van der Waals surface area contributed by atoms with Gasteiger partial charge >= 0.3 is 6.18 Å². The van der Waals surface area contributed by atoms with Crippen molar-refractivity contribution in [3.05, 3.63) is 22.3 Å². The first-order valence-corrected chi connectivity index (χ1v) is 7.94. The van der Waals surface area contributed by atoms with Gasteiger partial charge in [-0.25, -0.2) is 13.9 Å². The van der Waals surface area contributed by atoms with Crippen LogP contribution in [0.3, 0.4) is 0 Å². The maximum absolute atomic E-state index is 12.1. The van der Waals surface area contributed by atoms with E-state index < -0.39 is 28.5 Å². The van der Waals surface area contributed by atoms with Crippen LogP contribution in [-0.2, 0) is 17.5 Å². The SMILES string of the molecule is CC(C)(C)S(=O)NCc1ccc(Br)c(OCC(F)(F)F)n1. The summed E-state index contributed by atoms with van der Waals surface area (Å²) in [5.74, 6) is -0.145. The molecular formula is C12H16BrF3N2O2S. The van der Waals surface area contributed by atoms with Crippen molar-refractivity contribution in [1.29, 1.82) is 0 Å². The zero-order valence-electron chi connectivity index (χ0n) is 11.8. The molecule has 0 aromatic carbocycles. The number of aromatic nitrogens is 1. The second-order valence-corrected chi connectivity index (χ2v) is 8.10. The molecular weight excluding hydrogens is 373 g/mol. The lowest BCUT2D eigenvalue weighted by atomic mass is 10.3. The van der Waals surface area contributed by atoms with E-state index in [0.717, 1.165) is 0 Å². The summed E-state index contributed by atoms with van der Waals surface area (Å²) in [7, 11) is -1.29. The van der Waals surface area contributed by atoms with Crippen LogP contribution in [0.5, 0.6) is 5.88 Å². The molecule has 1 aromatic heterocycles. The van der Waals surface area contributed by atoms with Crippen LogP contribution in [0.15, 0.2) is 16.6 Å². The summed E-state index contributed by atoms with van der Waals surface area (Å²) in [5, 5.41) is 0. The largest absolute Gasteiger partial charge is 0.467 e. The van der Waals surface area contributed by atoms with Crippen LogP contribution in [0.4, 0.5) is 13.2 Å². The third-order valence-electron chi connectivity index (χ3n) is 2.18. The van der Waals surface area contributed by atoms with Crippen molar-refractivity contribution in [2.24, 2.45) is 0 Å². The summed E-state index contributed by atoms with van der Waals surface area (Å²) in [4.78, 5) is 3.96. The quantitative estimate of drug-likeness (QED) is 0.841.